The van der Waals surface area contributed by atoms with Gasteiger partial charge in [-0.15, -0.1) is 0 Å². The van der Waals surface area contributed by atoms with Crippen molar-refractivity contribution in [1.29, 1.82) is 0 Å². The number of hydrogen-bond donors (Lipinski definition) is 2. The maximum atomic E-state index is 11.9. The van der Waals surface area contributed by atoms with Gasteiger partial charge in [0.2, 0.25) is 5.95 Å². The number of carbonyl (C=O) groups is 1. The highest BCUT2D eigenvalue weighted by Crippen LogP contribution is 2.10. The van der Waals surface area contributed by atoms with Gasteiger partial charge < -0.3 is 0 Å². The Labute approximate surface area is 116 Å². The van der Waals surface area contributed by atoms with Gasteiger partial charge in [-0.3, -0.25) is 15.6 Å². The first-order valence-electron chi connectivity index (χ1n) is 5.69. The molecule has 1 aromatic carbocycles. The Morgan fingerprint density at radius 3 is 2.47 bits per heavy atom. The number of rotatable bonds is 3. The van der Waals surface area contributed by atoms with E-state index in [-0.39, 0.29) is 5.91 Å². The number of halogens is 1. The molecule has 98 valence electrons. The van der Waals surface area contributed by atoms with Crippen LogP contribution in [0.1, 0.15) is 21.7 Å². The van der Waals surface area contributed by atoms with Crippen LogP contribution in [0.25, 0.3) is 0 Å². The summed E-state index contributed by atoms with van der Waals surface area (Å²) in [6.07, 6.45) is 0. The second-order valence-corrected chi connectivity index (χ2v) is 4.50. The Morgan fingerprint density at radius 2 is 1.84 bits per heavy atom. The Morgan fingerprint density at radius 1 is 1.16 bits per heavy atom. The fourth-order valence-electron chi connectivity index (χ4n) is 1.60. The highest BCUT2D eigenvalue weighted by atomic mass is 35.5. The molecule has 0 aliphatic rings. The average Bonchev–Trinajstić information content (AvgIpc) is 2.35. The predicted molar refractivity (Wildman–Crippen MR) is 74.0 cm³/mol. The SMILES string of the molecule is Cc1cc(C)nc(NNC(=O)c2cccc(Cl)c2)n1. The molecule has 6 heteroatoms. The van der Waals surface area contributed by atoms with Crippen molar-refractivity contribution in [1.82, 2.24) is 15.4 Å². The minimum Gasteiger partial charge on any atom is -0.267 e. The number of carbonyl (C=O) groups excluding carboxylic acids is 1. The fraction of sp³-hybridized carbons (Fsp3) is 0.154. The summed E-state index contributed by atoms with van der Waals surface area (Å²) in [7, 11) is 0. The molecule has 1 aromatic heterocycles. The summed E-state index contributed by atoms with van der Waals surface area (Å²) in [6, 6.07) is 8.53. The smallest absolute Gasteiger partial charge is 0.267 e. The summed E-state index contributed by atoms with van der Waals surface area (Å²) in [5, 5.41) is 0.510. The lowest BCUT2D eigenvalue weighted by Gasteiger charge is -2.08. The molecule has 2 N–H and O–H groups in total. The van der Waals surface area contributed by atoms with E-state index in [2.05, 4.69) is 20.8 Å². The molecule has 0 aliphatic carbocycles. The van der Waals surface area contributed by atoms with E-state index in [0.29, 0.717) is 16.5 Å². The third-order valence-corrected chi connectivity index (χ3v) is 2.59. The average molecular weight is 277 g/mol. The predicted octanol–water partition coefficient (Wildman–Crippen LogP) is 2.50. The van der Waals surface area contributed by atoms with Crippen molar-refractivity contribution in [2.75, 3.05) is 5.43 Å². The number of nitrogens with one attached hydrogen (secondary N) is 2. The molecule has 0 saturated heterocycles. The molecule has 0 spiro atoms. The molecule has 1 amide bonds. The van der Waals surface area contributed by atoms with Crippen molar-refractivity contribution in [3.8, 4) is 0 Å². The summed E-state index contributed by atoms with van der Waals surface area (Å²) in [5.41, 5.74) is 7.32. The molecule has 2 aromatic rings. The van der Waals surface area contributed by atoms with Gasteiger partial charge in [0.1, 0.15) is 0 Å². The van der Waals surface area contributed by atoms with E-state index in [1.807, 2.05) is 19.9 Å². The molecule has 0 radical (unpaired) electrons. The molecule has 5 nitrogen and oxygen atoms in total. The zero-order valence-corrected chi connectivity index (χ0v) is 11.3. The second kappa shape index (κ2) is 5.67. The maximum Gasteiger partial charge on any atom is 0.269 e. The minimum absolute atomic E-state index is 0.301. The molecule has 19 heavy (non-hydrogen) atoms. The lowest BCUT2D eigenvalue weighted by Crippen LogP contribution is -2.30. The molecule has 0 fully saturated rings. The summed E-state index contributed by atoms with van der Waals surface area (Å²) in [4.78, 5) is 20.2. The molecular weight excluding hydrogens is 264 g/mol. The molecule has 0 aliphatic heterocycles. The Kier molecular flexibility index (Phi) is 3.97. The lowest BCUT2D eigenvalue weighted by atomic mass is 10.2. The summed E-state index contributed by atoms with van der Waals surface area (Å²) >= 11 is 5.82. The third-order valence-electron chi connectivity index (χ3n) is 2.36. The van der Waals surface area contributed by atoms with E-state index in [9.17, 15) is 4.79 Å². The molecular formula is C13H13ClN4O. The van der Waals surface area contributed by atoms with Crippen LogP contribution in [0.2, 0.25) is 5.02 Å². The highest BCUT2D eigenvalue weighted by molar-refractivity contribution is 6.30. The first-order chi connectivity index (χ1) is 9.04. The van der Waals surface area contributed by atoms with Gasteiger partial charge >= 0.3 is 0 Å². The van der Waals surface area contributed by atoms with Crippen molar-refractivity contribution in [3.63, 3.8) is 0 Å². The van der Waals surface area contributed by atoms with Crippen LogP contribution in [0.3, 0.4) is 0 Å². The standard InChI is InChI=1S/C13H13ClN4O/c1-8-6-9(2)16-13(15-8)18-17-12(19)10-4-3-5-11(14)7-10/h3-7H,1-2H3,(H,17,19)(H,15,16,18). The van der Waals surface area contributed by atoms with Crippen molar-refractivity contribution in [2.45, 2.75) is 13.8 Å². The molecule has 2 rings (SSSR count). The largest absolute Gasteiger partial charge is 0.269 e. The van der Waals surface area contributed by atoms with Crippen LogP contribution in [0.4, 0.5) is 5.95 Å². The van der Waals surface area contributed by atoms with Gasteiger partial charge in [-0.25, -0.2) is 9.97 Å². The van der Waals surface area contributed by atoms with Crippen molar-refractivity contribution >= 4 is 23.5 Å². The van der Waals surface area contributed by atoms with Gasteiger partial charge in [-0.2, -0.15) is 0 Å². The number of hydrogen-bond acceptors (Lipinski definition) is 4. The zero-order chi connectivity index (χ0) is 13.8. The first-order valence-corrected chi connectivity index (χ1v) is 6.06. The maximum absolute atomic E-state index is 11.9. The highest BCUT2D eigenvalue weighted by Gasteiger charge is 2.06. The van der Waals surface area contributed by atoms with Crippen LogP contribution in [0.5, 0.6) is 0 Å². The first kappa shape index (κ1) is 13.3. The van der Waals surface area contributed by atoms with Gasteiger partial charge in [0, 0.05) is 22.0 Å². The van der Waals surface area contributed by atoms with E-state index < -0.39 is 0 Å². The van der Waals surface area contributed by atoms with E-state index in [4.69, 9.17) is 11.6 Å². The minimum atomic E-state index is -0.301. The van der Waals surface area contributed by atoms with Crippen molar-refractivity contribution < 1.29 is 4.79 Å². The summed E-state index contributed by atoms with van der Waals surface area (Å²) < 4.78 is 0. The molecule has 0 saturated carbocycles. The van der Waals surface area contributed by atoms with Crippen molar-refractivity contribution in [2.24, 2.45) is 0 Å². The van der Waals surface area contributed by atoms with Gasteiger partial charge in [-0.1, -0.05) is 17.7 Å². The second-order valence-electron chi connectivity index (χ2n) is 4.06. The lowest BCUT2D eigenvalue weighted by molar-refractivity contribution is 0.0962. The van der Waals surface area contributed by atoms with Crippen LogP contribution in [-0.4, -0.2) is 15.9 Å². The summed E-state index contributed by atoms with van der Waals surface area (Å²) in [5.74, 6) is 0.0538. The number of benzene rings is 1. The number of nitrogens with zero attached hydrogens (tertiary/aromatic N) is 2. The topological polar surface area (TPSA) is 66.9 Å². The van der Waals surface area contributed by atoms with Gasteiger partial charge in [0.15, 0.2) is 0 Å². The van der Waals surface area contributed by atoms with E-state index in [1.54, 1.807) is 24.3 Å². The molecule has 1 heterocycles. The number of amides is 1. The van der Waals surface area contributed by atoms with Crippen LogP contribution in [0, 0.1) is 13.8 Å². The van der Waals surface area contributed by atoms with Gasteiger partial charge in [0.05, 0.1) is 0 Å². The van der Waals surface area contributed by atoms with Crippen LogP contribution < -0.4 is 10.9 Å². The van der Waals surface area contributed by atoms with Crippen LogP contribution in [0.15, 0.2) is 30.3 Å². The molecule has 0 atom stereocenters. The number of aryl methyl sites for hydroxylation is 2. The van der Waals surface area contributed by atoms with Gasteiger partial charge in [0.25, 0.3) is 5.91 Å². The van der Waals surface area contributed by atoms with Gasteiger partial charge in [-0.05, 0) is 38.1 Å². The molecule has 0 unspecified atom stereocenters. The van der Waals surface area contributed by atoms with E-state index in [1.165, 1.54) is 0 Å². The van der Waals surface area contributed by atoms with E-state index >= 15 is 0 Å². The third kappa shape index (κ3) is 3.66. The number of aromatic nitrogens is 2. The normalized spacial score (nSPS) is 10.1. The molecule has 0 bridgehead atoms. The Balaban J connectivity index is 2.04. The number of anilines is 1. The Hall–Kier alpha value is -2.14. The van der Waals surface area contributed by atoms with Crippen LogP contribution in [-0.2, 0) is 0 Å². The Bertz CT molecular complexity index is 595. The zero-order valence-electron chi connectivity index (χ0n) is 10.6. The quantitative estimate of drug-likeness (QED) is 0.846. The van der Waals surface area contributed by atoms with Crippen LogP contribution >= 0.6 is 11.6 Å². The summed E-state index contributed by atoms with van der Waals surface area (Å²) in [6.45, 7) is 3.72. The number of hydrazine groups is 1. The fourth-order valence-corrected chi connectivity index (χ4v) is 1.79. The van der Waals surface area contributed by atoms with E-state index in [0.717, 1.165) is 11.4 Å². The monoisotopic (exact) mass is 276 g/mol. The van der Waals surface area contributed by atoms with Crippen molar-refractivity contribution in [3.05, 3.63) is 52.3 Å².